The lowest BCUT2D eigenvalue weighted by Crippen LogP contribution is -2.31. The van der Waals surface area contributed by atoms with Gasteiger partial charge in [-0.15, -0.1) is 0 Å². The maximum atomic E-state index is 12.9. The lowest BCUT2D eigenvalue weighted by Gasteiger charge is -2.23. The number of nitrogens with zero attached hydrogens (tertiary/aromatic N) is 3. The molecule has 0 spiro atoms. The molecule has 20 heavy (non-hydrogen) atoms. The van der Waals surface area contributed by atoms with Crippen molar-refractivity contribution in [3.05, 3.63) is 36.3 Å². The third kappa shape index (κ3) is 2.09. The van der Waals surface area contributed by atoms with E-state index < -0.39 is 11.9 Å². The number of H-pyrrole nitrogens is 1. The van der Waals surface area contributed by atoms with Crippen LogP contribution in [0.4, 0.5) is 18.9 Å². The molecule has 0 saturated heterocycles. The molecule has 4 nitrogen and oxygen atoms in total. The summed E-state index contributed by atoms with van der Waals surface area (Å²) in [6.45, 7) is 2.23. The maximum Gasteiger partial charge on any atom is 0.432 e. The van der Waals surface area contributed by atoms with Crippen molar-refractivity contribution in [2.45, 2.75) is 13.1 Å². The summed E-state index contributed by atoms with van der Waals surface area (Å²) in [4.78, 5) is 2.90. The second-order valence-electron chi connectivity index (χ2n) is 4.62. The number of nitrogens with one attached hydrogen (secondary N) is 1. The Balaban J connectivity index is 1.96. The highest BCUT2D eigenvalue weighted by atomic mass is 19.4. The first-order chi connectivity index (χ1) is 9.49. The molecule has 0 bridgehead atoms. The summed E-state index contributed by atoms with van der Waals surface area (Å²) in [5, 5.41) is 7.60. The number of rotatable bonds is 2. The Hall–Kier alpha value is -2.18. The monoisotopic (exact) mass is 282 g/mol. The first kappa shape index (κ1) is 12.8. The number of benzene rings is 1. The van der Waals surface area contributed by atoms with Crippen LogP contribution in [0.25, 0.3) is 10.9 Å². The zero-order chi connectivity index (χ0) is 14.3. The normalized spacial score (nSPS) is 16.1. The Morgan fingerprint density at radius 3 is 2.80 bits per heavy atom. The van der Waals surface area contributed by atoms with E-state index in [1.165, 1.54) is 4.90 Å². The van der Waals surface area contributed by atoms with Crippen LogP contribution in [0.15, 0.2) is 36.3 Å². The number of alkyl halides is 3. The SMILES string of the molecule is CCN1CN(c2ccc3[nH]ncc3c2)C=C1C(F)(F)F. The van der Waals surface area contributed by atoms with Gasteiger partial charge in [0.25, 0.3) is 0 Å². The number of halogens is 3. The molecule has 7 heteroatoms. The van der Waals surface area contributed by atoms with E-state index in [1.54, 1.807) is 24.1 Å². The summed E-state index contributed by atoms with van der Waals surface area (Å²) in [5.74, 6) is 0. The van der Waals surface area contributed by atoms with Gasteiger partial charge in [0.1, 0.15) is 5.70 Å². The van der Waals surface area contributed by atoms with E-state index in [0.717, 1.165) is 22.8 Å². The number of allylic oxidation sites excluding steroid dienone is 1. The average molecular weight is 282 g/mol. The largest absolute Gasteiger partial charge is 0.432 e. The quantitative estimate of drug-likeness (QED) is 0.919. The second kappa shape index (κ2) is 4.43. The zero-order valence-electron chi connectivity index (χ0n) is 10.8. The van der Waals surface area contributed by atoms with Crippen molar-refractivity contribution in [1.29, 1.82) is 0 Å². The van der Waals surface area contributed by atoms with Crippen LogP contribution in [0.3, 0.4) is 0 Å². The number of fused-ring (bicyclic) bond motifs is 1. The Kier molecular flexibility index (Phi) is 2.84. The zero-order valence-corrected chi connectivity index (χ0v) is 10.8. The van der Waals surface area contributed by atoms with Gasteiger partial charge in [0.05, 0.1) is 18.4 Å². The van der Waals surface area contributed by atoms with Crippen molar-refractivity contribution in [2.75, 3.05) is 18.1 Å². The smallest absolute Gasteiger partial charge is 0.349 e. The summed E-state index contributed by atoms with van der Waals surface area (Å²) >= 11 is 0. The fraction of sp³-hybridized carbons (Fsp3) is 0.308. The van der Waals surface area contributed by atoms with Crippen molar-refractivity contribution in [3.8, 4) is 0 Å². The van der Waals surface area contributed by atoms with Gasteiger partial charge in [0.2, 0.25) is 0 Å². The van der Waals surface area contributed by atoms with Crippen LogP contribution in [0, 0.1) is 0 Å². The van der Waals surface area contributed by atoms with E-state index in [1.807, 2.05) is 12.1 Å². The van der Waals surface area contributed by atoms with Gasteiger partial charge in [-0.2, -0.15) is 18.3 Å². The van der Waals surface area contributed by atoms with Gasteiger partial charge in [0, 0.05) is 23.8 Å². The number of hydrogen-bond acceptors (Lipinski definition) is 3. The molecule has 0 saturated carbocycles. The van der Waals surface area contributed by atoms with E-state index in [9.17, 15) is 13.2 Å². The molecule has 1 aromatic heterocycles. The van der Waals surface area contributed by atoms with E-state index in [0.29, 0.717) is 6.54 Å². The van der Waals surface area contributed by atoms with E-state index in [-0.39, 0.29) is 6.67 Å². The molecule has 106 valence electrons. The number of anilines is 1. The number of aromatic nitrogens is 2. The molecule has 1 aliphatic rings. The van der Waals surface area contributed by atoms with Crippen molar-refractivity contribution in [1.82, 2.24) is 15.1 Å². The summed E-state index contributed by atoms with van der Waals surface area (Å²) in [7, 11) is 0. The molecule has 0 aliphatic carbocycles. The molecule has 1 aliphatic heterocycles. The molecular formula is C13H13F3N4. The highest BCUT2D eigenvalue weighted by Crippen LogP contribution is 2.34. The molecule has 3 rings (SSSR count). The predicted molar refractivity (Wildman–Crippen MR) is 70.0 cm³/mol. The second-order valence-corrected chi connectivity index (χ2v) is 4.62. The Morgan fingerprint density at radius 2 is 2.15 bits per heavy atom. The number of aromatic amines is 1. The van der Waals surface area contributed by atoms with Crippen LogP contribution in [-0.2, 0) is 0 Å². The highest BCUT2D eigenvalue weighted by molar-refractivity contribution is 5.82. The molecule has 0 fully saturated rings. The molecule has 0 amide bonds. The Labute approximate surface area is 113 Å². The Morgan fingerprint density at radius 1 is 1.35 bits per heavy atom. The maximum absolute atomic E-state index is 12.9. The van der Waals surface area contributed by atoms with Gasteiger partial charge in [0.15, 0.2) is 0 Å². The summed E-state index contributed by atoms with van der Waals surface area (Å²) in [6.07, 6.45) is -1.52. The topological polar surface area (TPSA) is 35.2 Å². The van der Waals surface area contributed by atoms with Gasteiger partial charge < -0.3 is 9.80 Å². The highest BCUT2D eigenvalue weighted by Gasteiger charge is 2.41. The standard InChI is InChI=1S/C13H13F3N4/c1-2-19-8-20(7-12(19)13(14,15)16)10-3-4-11-9(5-10)6-17-18-11/h3-7H,2,8H2,1H3,(H,17,18). The summed E-state index contributed by atoms with van der Waals surface area (Å²) in [5.41, 5.74) is 0.976. The molecule has 0 atom stereocenters. The van der Waals surface area contributed by atoms with Gasteiger partial charge in [-0.05, 0) is 25.1 Å². The molecule has 2 heterocycles. The molecular weight excluding hydrogens is 269 g/mol. The van der Waals surface area contributed by atoms with Crippen molar-refractivity contribution >= 4 is 16.6 Å². The van der Waals surface area contributed by atoms with Crippen LogP contribution in [0.5, 0.6) is 0 Å². The molecule has 0 unspecified atom stereocenters. The fourth-order valence-corrected chi connectivity index (χ4v) is 2.32. The van der Waals surface area contributed by atoms with Crippen LogP contribution in [-0.4, -0.2) is 34.5 Å². The van der Waals surface area contributed by atoms with Crippen molar-refractivity contribution in [2.24, 2.45) is 0 Å². The van der Waals surface area contributed by atoms with Gasteiger partial charge in [-0.25, -0.2) is 0 Å². The lowest BCUT2D eigenvalue weighted by molar-refractivity contribution is -0.108. The number of hydrogen-bond donors (Lipinski definition) is 1. The summed E-state index contributed by atoms with van der Waals surface area (Å²) in [6, 6.07) is 5.42. The Bertz CT molecular complexity index is 659. The van der Waals surface area contributed by atoms with E-state index in [4.69, 9.17) is 0 Å². The first-order valence-electron chi connectivity index (χ1n) is 6.23. The van der Waals surface area contributed by atoms with Crippen molar-refractivity contribution in [3.63, 3.8) is 0 Å². The molecule has 1 aromatic carbocycles. The van der Waals surface area contributed by atoms with Crippen LogP contribution in [0.2, 0.25) is 0 Å². The summed E-state index contributed by atoms with van der Waals surface area (Å²) < 4.78 is 38.8. The lowest BCUT2D eigenvalue weighted by atomic mass is 10.2. The van der Waals surface area contributed by atoms with Crippen molar-refractivity contribution < 1.29 is 13.2 Å². The van der Waals surface area contributed by atoms with Crippen LogP contribution < -0.4 is 4.90 Å². The van der Waals surface area contributed by atoms with Crippen LogP contribution in [0.1, 0.15) is 6.92 Å². The van der Waals surface area contributed by atoms with E-state index >= 15 is 0 Å². The predicted octanol–water partition coefficient (Wildman–Crippen LogP) is 3.07. The van der Waals surface area contributed by atoms with Crippen LogP contribution >= 0.6 is 0 Å². The minimum absolute atomic E-state index is 0.203. The molecule has 1 N–H and O–H groups in total. The minimum atomic E-state index is -4.33. The molecule has 0 radical (unpaired) electrons. The van der Waals surface area contributed by atoms with Gasteiger partial charge >= 0.3 is 6.18 Å². The molecule has 2 aromatic rings. The first-order valence-corrected chi connectivity index (χ1v) is 6.23. The van der Waals surface area contributed by atoms with Gasteiger partial charge in [-0.1, -0.05) is 0 Å². The van der Waals surface area contributed by atoms with Gasteiger partial charge in [-0.3, -0.25) is 5.10 Å². The fourth-order valence-electron chi connectivity index (χ4n) is 2.32. The van der Waals surface area contributed by atoms with E-state index in [2.05, 4.69) is 10.2 Å². The third-order valence-corrected chi connectivity index (χ3v) is 3.37. The third-order valence-electron chi connectivity index (χ3n) is 3.37. The minimum Gasteiger partial charge on any atom is -0.349 e. The average Bonchev–Trinajstić information content (AvgIpc) is 3.03.